The van der Waals surface area contributed by atoms with Gasteiger partial charge in [0.2, 0.25) is 5.76 Å². The molecule has 1 saturated heterocycles. The minimum absolute atomic E-state index is 0.178. The summed E-state index contributed by atoms with van der Waals surface area (Å²) in [4.78, 5) is 25.4. The summed E-state index contributed by atoms with van der Waals surface area (Å²) < 4.78 is 15.2. The molecule has 6 heteroatoms. The van der Waals surface area contributed by atoms with Crippen LogP contribution in [0.3, 0.4) is 0 Å². The number of methoxy groups -OCH3 is 1. The summed E-state index contributed by atoms with van der Waals surface area (Å²) >= 11 is 0. The van der Waals surface area contributed by atoms with Crippen LogP contribution in [-0.2, 0) is 20.8 Å². The van der Waals surface area contributed by atoms with Crippen LogP contribution in [-0.4, -0.2) is 43.1 Å². The van der Waals surface area contributed by atoms with E-state index in [2.05, 4.69) is 4.74 Å². The van der Waals surface area contributed by atoms with Crippen molar-refractivity contribution in [2.24, 2.45) is 0 Å². The van der Waals surface area contributed by atoms with Crippen molar-refractivity contribution in [3.05, 3.63) is 23.7 Å². The number of carbonyl (C=O) groups is 2. The van der Waals surface area contributed by atoms with Crippen molar-refractivity contribution in [1.29, 1.82) is 0 Å². The third-order valence-corrected chi connectivity index (χ3v) is 3.58. The first-order valence-corrected chi connectivity index (χ1v) is 7.23. The van der Waals surface area contributed by atoms with E-state index < -0.39 is 5.97 Å². The molecule has 2 rings (SSSR count). The average molecular weight is 295 g/mol. The van der Waals surface area contributed by atoms with E-state index in [0.29, 0.717) is 18.9 Å². The Labute approximate surface area is 124 Å². The van der Waals surface area contributed by atoms with Crippen LogP contribution >= 0.6 is 0 Å². The first-order valence-electron chi connectivity index (χ1n) is 7.23. The number of esters is 2. The maximum Gasteiger partial charge on any atom is 0.373 e. The second kappa shape index (κ2) is 7.26. The van der Waals surface area contributed by atoms with Crippen molar-refractivity contribution in [2.75, 3.05) is 20.3 Å². The summed E-state index contributed by atoms with van der Waals surface area (Å²) in [6, 6.07) is 3.10. The molecule has 1 aromatic heterocycles. The van der Waals surface area contributed by atoms with E-state index in [1.807, 2.05) is 4.90 Å². The molecule has 0 aliphatic carbocycles. The summed E-state index contributed by atoms with van der Waals surface area (Å²) in [6.07, 6.45) is 2.86. The first kappa shape index (κ1) is 15.6. The smallest absolute Gasteiger partial charge is 0.373 e. The fourth-order valence-corrected chi connectivity index (χ4v) is 2.56. The molecular formula is C15H21NO5. The molecule has 0 spiro atoms. The molecule has 0 N–H and O–H groups in total. The zero-order valence-corrected chi connectivity index (χ0v) is 12.5. The number of nitrogens with zero attached hydrogens (tertiary/aromatic N) is 1. The summed E-state index contributed by atoms with van der Waals surface area (Å²) in [5.74, 6) is 0.141. The van der Waals surface area contributed by atoms with Gasteiger partial charge in [0.25, 0.3) is 0 Å². The molecule has 1 aliphatic heterocycles. The van der Waals surface area contributed by atoms with Crippen LogP contribution in [0.1, 0.15) is 42.5 Å². The van der Waals surface area contributed by atoms with E-state index >= 15 is 0 Å². The topological polar surface area (TPSA) is 69.0 Å². The van der Waals surface area contributed by atoms with E-state index in [4.69, 9.17) is 9.15 Å². The Bertz CT molecular complexity index is 496. The molecule has 1 fully saturated rings. The molecule has 1 aromatic rings. The number of ether oxygens (including phenoxy) is 2. The van der Waals surface area contributed by atoms with Gasteiger partial charge in [-0.25, -0.2) is 4.79 Å². The Balaban J connectivity index is 2.03. The predicted molar refractivity (Wildman–Crippen MR) is 74.7 cm³/mol. The standard InChI is InChI=1S/C15H21NO5/c1-3-20-14(17)12-6-4-5-9-16(12)10-11-7-8-13(21-11)15(18)19-2/h7-8,12H,3-6,9-10H2,1-2H3. The fraction of sp³-hybridized carbons (Fsp3) is 0.600. The van der Waals surface area contributed by atoms with Gasteiger partial charge in [-0.1, -0.05) is 6.42 Å². The number of carbonyl (C=O) groups excluding carboxylic acids is 2. The molecule has 1 aliphatic rings. The van der Waals surface area contributed by atoms with Crippen molar-refractivity contribution in [3.8, 4) is 0 Å². The van der Waals surface area contributed by atoms with E-state index in [1.165, 1.54) is 7.11 Å². The molecule has 116 valence electrons. The van der Waals surface area contributed by atoms with Gasteiger partial charge in [-0.2, -0.15) is 0 Å². The van der Waals surface area contributed by atoms with Crippen LogP contribution in [0, 0.1) is 0 Å². The molecule has 21 heavy (non-hydrogen) atoms. The Morgan fingerprint density at radius 2 is 2.19 bits per heavy atom. The number of furan rings is 1. The molecule has 2 heterocycles. The monoisotopic (exact) mass is 295 g/mol. The second-order valence-corrected chi connectivity index (χ2v) is 4.99. The van der Waals surface area contributed by atoms with Gasteiger partial charge in [-0.3, -0.25) is 9.69 Å². The van der Waals surface area contributed by atoms with Crippen LogP contribution in [0.2, 0.25) is 0 Å². The number of rotatable bonds is 5. The predicted octanol–water partition coefficient (Wildman–Crippen LogP) is 1.98. The van der Waals surface area contributed by atoms with Gasteiger partial charge in [0.1, 0.15) is 11.8 Å². The third kappa shape index (κ3) is 3.85. The van der Waals surface area contributed by atoms with Gasteiger partial charge < -0.3 is 13.9 Å². The lowest BCUT2D eigenvalue weighted by Gasteiger charge is -2.33. The Hall–Kier alpha value is -1.82. The molecule has 1 atom stereocenters. The highest BCUT2D eigenvalue weighted by atomic mass is 16.5. The minimum Gasteiger partial charge on any atom is -0.465 e. The van der Waals surface area contributed by atoms with Crippen LogP contribution in [0.25, 0.3) is 0 Å². The fourth-order valence-electron chi connectivity index (χ4n) is 2.56. The van der Waals surface area contributed by atoms with Crippen molar-refractivity contribution in [3.63, 3.8) is 0 Å². The Morgan fingerprint density at radius 3 is 2.90 bits per heavy atom. The minimum atomic E-state index is -0.498. The molecular weight excluding hydrogens is 274 g/mol. The molecule has 0 aromatic carbocycles. The van der Waals surface area contributed by atoms with Crippen LogP contribution in [0.15, 0.2) is 16.5 Å². The van der Waals surface area contributed by atoms with Crippen LogP contribution < -0.4 is 0 Å². The van der Waals surface area contributed by atoms with Crippen molar-refractivity contribution < 1.29 is 23.5 Å². The van der Waals surface area contributed by atoms with Crippen LogP contribution in [0.5, 0.6) is 0 Å². The normalized spacial score (nSPS) is 19.2. The highest BCUT2D eigenvalue weighted by Gasteiger charge is 2.30. The lowest BCUT2D eigenvalue weighted by atomic mass is 10.0. The molecule has 1 unspecified atom stereocenters. The van der Waals surface area contributed by atoms with Gasteiger partial charge >= 0.3 is 11.9 Å². The van der Waals surface area contributed by atoms with Gasteiger partial charge in [0, 0.05) is 0 Å². The highest BCUT2D eigenvalue weighted by Crippen LogP contribution is 2.21. The lowest BCUT2D eigenvalue weighted by Crippen LogP contribution is -2.44. The van der Waals surface area contributed by atoms with Crippen molar-refractivity contribution in [1.82, 2.24) is 4.90 Å². The van der Waals surface area contributed by atoms with Gasteiger partial charge in [-0.05, 0) is 38.4 Å². The SMILES string of the molecule is CCOC(=O)C1CCCCN1Cc1ccc(C(=O)OC)o1. The number of likely N-dealkylation sites (tertiary alicyclic amines) is 1. The molecule has 0 radical (unpaired) electrons. The summed E-state index contributed by atoms with van der Waals surface area (Å²) in [5.41, 5.74) is 0. The van der Waals surface area contributed by atoms with E-state index in [1.54, 1.807) is 19.1 Å². The summed E-state index contributed by atoms with van der Waals surface area (Å²) in [6.45, 7) is 3.49. The second-order valence-electron chi connectivity index (χ2n) is 4.99. The molecule has 0 bridgehead atoms. The van der Waals surface area contributed by atoms with E-state index in [-0.39, 0.29) is 17.8 Å². The first-order chi connectivity index (χ1) is 10.2. The molecule has 0 saturated carbocycles. The summed E-state index contributed by atoms with van der Waals surface area (Å²) in [5, 5.41) is 0. The largest absolute Gasteiger partial charge is 0.465 e. The zero-order chi connectivity index (χ0) is 15.2. The highest BCUT2D eigenvalue weighted by molar-refractivity contribution is 5.86. The van der Waals surface area contributed by atoms with Gasteiger partial charge in [-0.15, -0.1) is 0 Å². The maximum absolute atomic E-state index is 12.0. The number of piperidine rings is 1. The molecule has 6 nitrogen and oxygen atoms in total. The number of hydrogen-bond acceptors (Lipinski definition) is 6. The van der Waals surface area contributed by atoms with Gasteiger partial charge in [0.05, 0.1) is 20.3 Å². The maximum atomic E-state index is 12.0. The Morgan fingerprint density at radius 1 is 1.38 bits per heavy atom. The summed E-state index contributed by atoms with van der Waals surface area (Å²) in [7, 11) is 1.31. The zero-order valence-electron chi connectivity index (χ0n) is 12.5. The van der Waals surface area contributed by atoms with Crippen molar-refractivity contribution in [2.45, 2.75) is 38.8 Å². The van der Waals surface area contributed by atoms with Crippen LogP contribution in [0.4, 0.5) is 0 Å². The third-order valence-electron chi connectivity index (χ3n) is 3.58. The lowest BCUT2D eigenvalue weighted by molar-refractivity contribution is -0.151. The van der Waals surface area contributed by atoms with E-state index in [9.17, 15) is 9.59 Å². The van der Waals surface area contributed by atoms with Gasteiger partial charge in [0.15, 0.2) is 0 Å². The van der Waals surface area contributed by atoms with E-state index in [0.717, 1.165) is 25.8 Å². The molecule has 0 amide bonds. The number of hydrogen-bond donors (Lipinski definition) is 0. The van der Waals surface area contributed by atoms with Crippen molar-refractivity contribution >= 4 is 11.9 Å². The Kier molecular flexibility index (Phi) is 5.38. The average Bonchev–Trinajstić information content (AvgIpc) is 2.96. The quantitative estimate of drug-likeness (QED) is 0.774.